The summed E-state index contributed by atoms with van der Waals surface area (Å²) in [6, 6.07) is 10.7. The zero-order chi connectivity index (χ0) is 13.9. The van der Waals surface area contributed by atoms with Crippen LogP contribution in [0.5, 0.6) is 5.75 Å². The van der Waals surface area contributed by atoms with Gasteiger partial charge in [0, 0.05) is 19.0 Å². The van der Waals surface area contributed by atoms with Crippen molar-refractivity contribution in [1.29, 1.82) is 0 Å². The first-order chi connectivity index (χ1) is 9.79. The molecule has 0 bridgehead atoms. The molecule has 5 heteroatoms. The van der Waals surface area contributed by atoms with Gasteiger partial charge in [0.05, 0.1) is 6.61 Å². The summed E-state index contributed by atoms with van der Waals surface area (Å²) in [5.74, 6) is 1.84. The molecule has 2 heterocycles. The van der Waals surface area contributed by atoms with E-state index in [1.807, 2.05) is 6.92 Å². The molecule has 1 saturated heterocycles. The molecule has 1 atom stereocenters. The number of nitrogen functional groups attached to an aromatic ring is 1. The van der Waals surface area contributed by atoms with Crippen LogP contribution in [0.25, 0.3) is 0 Å². The van der Waals surface area contributed by atoms with Crippen molar-refractivity contribution in [3.8, 4) is 5.75 Å². The molecule has 0 amide bonds. The number of benzene rings is 1. The van der Waals surface area contributed by atoms with E-state index in [4.69, 9.17) is 10.5 Å². The van der Waals surface area contributed by atoms with Crippen LogP contribution in [0, 0.1) is 0 Å². The van der Waals surface area contributed by atoms with Crippen molar-refractivity contribution < 1.29 is 4.74 Å². The van der Waals surface area contributed by atoms with Crippen LogP contribution in [0.1, 0.15) is 24.8 Å². The van der Waals surface area contributed by atoms with Crippen LogP contribution >= 0.6 is 11.5 Å². The van der Waals surface area contributed by atoms with Gasteiger partial charge in [0.15, 0.2) is 16.6 Å². The van der Waals surface area contributed by atoms with Gasteiger partial charge in [-0.25, -0.2) is 0 Å². The number of hydrogen-bond acceptors (Lipinski definition) is 5. The fraction of sp³-hybridized carbons (Fsp3) is 0.400. The van der Waals surface area contributed by atoms with Crippen LogP contribution in [0.2, 0.25) is 0 Å². The highest BCUT2D eigenvalue weighted by Crippen LogP contribution is 2.41. The number of nitrogens with zero attached hydrogens (tertiary/aromatic N) is 2. The molecule has 0 spiro atoms. The third-order valence-electron chi connectivity index (χ3n) is 3.69. The molecule has 1 aliphatic heterocycles. The molecule has 1 aromatic heterocycles. The van der Waals surface area contributed by atoms with E-state index >= 15 is 0 Å². The van der Waals surface area contributed by atoms with Crippen molar-refractivity contribution in [2.45, 2.75) is 19.3 Å². The Balaban J connectivity index is 1.77. The highest BCUT2D eigenvalue weighted by Gasteiger charge is 2.28. The highest BCUT2D eigenvalue weighted by molar-refractivity contribution is 7.11. The first-order valence-corrected chi connectivity index (χ1v) is 7.74. The van der Waals surface area contributed by atoms with Crippen LogP contribution in [-0.2, 0) is 0 Å². The second-order valence-electron chi connectivity index (χ2n) is 4.98. The normalized spacial score (nSPS) is 18.4. The molecule has 20 heavy (non-hydrogen) atoms. The molecule has 0 saturated carbocycles. The molecular weight excluding hydrogens is 270 g/mol. The number of hydrogen-bond donors (Lipinski definition) is 1. The summed E-state index contributed by atoms with van der Waals surface area (Å²) in [5, 5.41) is 1.07. The van der Waals surface area contributed by atoms with Crippen molar-refractivity contribution in [1.82, 2.24) is 4.37 Å². The summed E-state index contributed by atoms with van der Waals surface area (Å²) >= 11 is 1.44. The molecule has 0 aliphatic carbocycles. The standard InChI is InChI=1S/C15H19N3OS/c1-2-19-13-14(16)17-20-15(13)18-9-8-12(10-18)11-6-4-3-5-7-11/h3-7,12H,2,8-10H2,1H3,(H2,16,17). The third-order valence-corrected chi connectivity index (χ3v) is 4.60. The summed E-state index contributed by atoms with van der Waals surface area (Å²) in [7, 11) is 0. The van der Waals surface area contributed by atoms with Gasteiger partial charge >= 0.3 is 0 Å². The van der Waals surface area contributed by atoms with Gasteiger partial charge in [-0.05, 0) is 30.4 Å². The number of ether oxygens (including phenoxy) is 1. The number of rotatable bonds is 4. The molecule has 2 N–H and O–H groups in total. The summed E-state index contributed by atoms with van der Waals surface area (Å²) in [4.78, 5) is 2.34. The van der Waals surface area contributed by atoms with Crippen molar-refractivity contribution in [2.75, 3.05) is 30.3 Å². The Kier molecular flexibility index (Phi) is 3.78. The summed E-state index contributed by atoms with van der Waals surface area (Å²) in [6.07, 6.45) is 1.16. The molecular formula is C15H19N3OS. The van der Waals surface area contributed by atoms with Gasteiger partial charge in [0.25, 0.3) is 0 Å². The van der Waals surface area contributed by atoms with Crippen molar-refractivity contribution in [3.63, 3.8) is 0 Å². The van der Waals surface area contributed by atoms with E-state index in [-0.39, 0.29) is 0 Å². The lowest BCUT2D eigenvalue weighted by molar-refractivity contribution is 0.343. The van der Waals surface area contributed by atoms with Gasteiger partial charge in [-0.2, -0.15) is 4.37 Å². The minimum atomic E-state index is 0.509. The Morgan fingerprint density at radius 1 is 1.40 bits per heavy atom. The molecule has 1 unspecified atom stereocenters. The lowest BCUT2D eigenvalue weighted by Gasteiger charge is -2.18. The highest BCUT2D eigenvalue weighted by atomic mass is 32.1. The fourth-order valence-electron chi connectivity index (χ4n) is 2.71. The van der Waals surface area contributed by atoms with Crippen molar-refractivity contribution >= 4 is 22.4 Å². The summed E-state index contributed by atoms with van der Waals surface area (Å²) in [5.41, 5.74) is 7.30. The topological polar surface area (TPSA) is 51.4 Å². The largest absolute Gasteiger partial charge is 0.487 e. The first kappa shape index (κ1) is 13.2. The summed E-state index contributed by atoms with van der Waals surface area (Å²) < 4.78 is 9.87. The van der Waals surface area contributed by atoms with Crippen LogP contribution in [0.4, 0.5) is 10.8 Å². The minimum Gasteiger partial charge on any atom is -0.487 e. The van der Waals surface area contributed by atoms with E-state index in [0.29, 0.717) is 18.3 Å². The Morgan fingerprint density at radius 3 is 2.95 bits per heavy atom. The molecule has 4 nitrogen and oxygen atoms in total. The van der Waals surface area contributed by atoms with Crippen LogP contribution in [0.3, 0.4) is 0 Å². The second-order valence-corrected chi connectivity index (χ2v) is 5.73. The Bertz CT molecular complexity index is 570. The average Bonchev–Trinajstić information content (AvgIpc) is 3.08. The van der Waals surface area contributed by atoms with Crippen molar-refractivity contribution in [2.24, 2.45) is 0 Å². The predicted octanol–water partition coefficient (Wildman–Crippen LogP) is 3.12. The van der Waals surface area contributed by atoms with Gasteiger partial charge in [-0.15, -0.1) is 0 Å². The average molecular weight is 289 g/mol. The molecule has 0 radical (unpaired) electrons. The lowest BCUT2D eigenvalue weighted by atomic mass is 9.99. The number of anilines is 2. The number of nitrogens with two attached hydrogens (primary N) is 1. The third kappa shape index (κ3) is 2.45. The zero-order valence-electron chi connectivity index (χ0n) is 11.6. The van der Waals surface area contributed by atoms with Gasteiger partial charge in [-0.1, -0.05) is 30.3 Å². The lowest BCUT2D eigenvalue weighted by Crippen LogP contribution is -2.19. The number of aromatic nitrogens is 1. The molecule has 2 aromatic rings. The molecule has 1 aliphatic rings. The first-order valence-electron chi connectivity index (χ1n) is 6.97. The Hall–Kier alpha value is -1.75. The second kappa shape index (κ2) is 5.71. The van der Waals surface area contributed by atoms with Gasteiger partial charge in [-0.3, -0.25) is 0 Å². The zero-order valence-corrected chi connectivity index (χ0v) is 12.4. The van der Waals surface area contributed by atoms with E-state index < -0.39 is 0 Å². The maximum Gasteiger partial charge on any atom is 0.197 e. The molecule has 1 aromatic carbocycles. The quantitative estimate of drug-likeness (QED) is 0.939. The summed E-state index contributed by atoms with van der Waals surface area (Å²) in [6.45, 7) is 4.62. The van der Waals surface area contributed by atoms with Gasteiger partial charge in [0.1, 0.15) is 0 Å². The Labute approximate surface area is 123 Å². The Morgan fingerprint density at radius 2 is 2.20 bits per heavy atom. The fourth-order valence-corrected chi connectivity index (χ4v) is 3.50. The maximum absolute atomic E-state index is 5.89. The van der Waals surface area contributed by atoms with E-state index in [2.05, 4.69) is 39.6 Å². The minimum absolute atomic E-state index is 0.509. The van der Waals surface area contributed by atoms with Crippen molar-refractivity contribution in [3.05, 3.63) is 35.9 Å². The predicted molar refractivity (Wildman–Crippen MR) is 83.7 cm³/mol. The van der Waals surface area contributed by atoms with Crippen LogP contribution < -0.4 is 15.4 Å². The molecule has 106 valence electrons. The van der Waals surface area contributed by atoms with E-state index in [0.717, 1.165) is 30.3 Å². The van der Waals surface area contributed by atoms with Gasteiger partial charge < -0.3 is 15.4 Å². The van der Waals surface area contributed by atoms with E-state index in [1.54, 1.807) is 0 Å². The smallest absolute Gasteiger partial charge is 0.197 e. The maximum atomic E-state index is 5.89. The van der Waals surface area contributed by atoms with Gasteiger partial charge in [0.2, 0.25) is 0 Å². The SMILES string of the molecule is CCOc1c(N)nsc1N1CCC(c2ccccc2)C1. The molecule has 1 fully saturated rings. The van der Waals surface area contributed by atoms with E-state index in [1.165, 1.54) is 17.1 Å². The van der Waals surface area contributed by atoms with E-state index in [9.17, 15) is 0 Å². The monoisotopic (exact) mass is 289 g/mol. The molecule has 3 rings (SSSR count). The van der Waals surface area contributed by atoms with Crippen LogP contribution in [-0.4, -0.2) is 24.1 Å². The van der Waals surface area contributed by atoms with Crippen LogP contribution in [0.15, 0.2) is 30.3 Å².